The van der Waals surface area contributed by atoms with Crippen molar-refractivity contribution in [2.24, 2.45) is 0 Å². The molecule has 0 spiro atoms. The van der Waals surface area contributed by atoms with E-state index in [0.717, 1.165) is 52.2 Å². The third kappa shape index (κ3) is 5.38. The van der Waals surface area contributed by atoms with Gasteiger partial charge in [-0.2, -0.15) is 0 Å². The molecule has 6 rings (SSSR count). The Morgan fingerprint density at radius 1 is 0.550 bits per heavy atom. The number of carbonyl (C=O) groups is 1. The van der Waals surface area contributed by atoms with Gasteiger partial charge in [-0.25, -0.2) is 0 Å². The van der Waals surface area contributed by atoms with Crippen molar-refractivity contribution in [2.75, 3.05) is 0 Å². The molecule has 40 heavy (non-hydrogen) atoms. The highest BCUT2D eigenvalue weighted by Crippen LogP contribution is 2.37. The minimum atomic E-state index is -0.148. The molecule has 0 unspecified atom stereocenters. The second-order valence-corrected chi connectivity index (χ2v) is 13.1. The van der Waals surface area contributed by atoms with Crippen molar-refractivity contribution in [3.8, 4) is 23.0 Å². The first-order valence-electron chi connectivity index (χ1n) is 12.2. The quantitative estimate of drug-likeness (QED) is 0.0785. The van der Waals surface area contributed by atoms with Crippen LogP contribution in [0.4, 0.5) is 0 Å². The molecule has 5 nitrogen and oxygen atoms in total. The lowest BCUT2D eigenvalue weighted by Crippen LogP contribution is -2.02. The Hall–Kier alpha value is -3.63. The first-order chi connectivity index (χ1) is 19.4. The van der Waals surface area contributed by atoms with E-state index in [1.54, 1.807) is 47.8 Å². The Morgan fingerprint density at radius 3 is 1.38 bits per heavy atom. The molecule has 0 saturated carbocycles. The maximum atomic E-state index is 13.6. The summed E-state index contributed by atoms with van der Waals surface area (Å²) >= 11 is 6.16. The van der Waals surface area contributed by atoms with Crippen LogP contribution in [0.25, 0.3) is 21.5 Å². The van der Waals surface area contributed by atoms with Crippen molar-refractivity contribution in [1.29, 1.82) is 0 Å². The molecule has 200 valence electrons. The average Bonchev–Trinajstić information content (AvgIpc) is 3.61. The maximum Gasteiger partial charge on any atom is 0.213 e. The molecule has 0 saturated heterocycles. The summed E-state index contributed by atoms with van der Waals surface area (Å²) in [4.78, 5) is 17.1. The zero-order valence-electron chi connectivity index (χ0n) is 20.8. The molecular formula is C31H22O5S4. The molecule has 4 N–H and O–H groups in total. The molecule has 0 aliphatic heterocycles. The highest BCUT2D eigenvalue weighted by Gasteiger charge is 2.20. The van der Waals surface area contributed by atoms with Crippen LogP contribution in [0.1, 0.15) is 25.7 Å². The smallest absolute Gasteiger partial charge is 0.213 e. The predicted octanol–water partition coefficient (Wildman–Crippen LogP) is 8.75. The van der Waals surface area contributed by atoms with Crippen LogP contribution in [-0.4, -0.2) is 26.2 Å². The summed E-state index contributed by atoms with van der Waals surface area (Å²) in [5.74, 6) is 0.730. The van der Waals surface area contributed by atoms with E-state index in [2.05, 4.69) is 0 Å². The summed E-state index contributed by atoms with van der Waals surface area (Å²) in [7, 11) is 0. The summed E-state index contributed by atoms with van der Waals surface area (Å²) in [6.07, 6.45) is 0. The number of carbonyl (C=O) groups excluding carboxylic acids is 1. The van der Waals surface area contributed by atoms with E-state index in [1.165, 1.54) is 22.7 Å². The molecule has 0 aliphatic rings. The number of ketones is 1. The fourth-order valence-corrected chi connectivity index (χ4v) is 8.27. The van der Waals surface area contributed by atoms with Gasteiger partial charge in [-0.15, -0.1) is 46.2 Å². The maximum absolute atomic E-state index is 13.6. The fraction of sp³-hybridized carbons (Fsp3) is 0.0645. The zero-order chi connectivity index (χ0) is 27.8. The Bertz CT molecular complexity index is 1750. The van der Waals surface area contributed by atoms with Gasteiger partial charge in [0.05, 0.1) is 9.75 Å². The third-order valence-electron chi connectivity index (χ3n) is 6.50. The number of benzene rings is 4. The largest absolute Gasteiger partial charge is 0.504 e. The highest BCUT2D eigenvalue weighted by atomic mass is 32.2. The Balaban J connectivity index is 1.16. The van der Waals surface area contributed by atoms with Crippen molar-refractivity contribution >= 4 is 73.5 Å². The van der Waals surface area contributed by atoms with E-state index in [9.17, 15) is 25.2 Å². The predicted molar refractivity (Wildman–Crippen MR) is 166 cm³/mol. The highest BCUT2D eigenvalue weighted by molar-refractivity contribution is 7.98. The van der Waals surface area contributed by atoms with E-state index < -0.39 is 0 Å². The van der Waals surface area contributed by atoms with E-state index in [-0.39, 0.29) is 28.8 Å². The normalized spacial score (nSPS) is 11.4. The number of hydrogen-bond acceptors (Lipinski definition) is 9. The number of hydrogen-bond donors (Lipinski definition) is 4. The second kappa shape index (κ2) is 11.1. The lowest BCUT2D eigenvalue weighted by molar-refractivity contribution is 0.104. The van der Waals surface area contributed by atoms with Crippen LogP contribution in [0.3, 0.4) is 0 Å². The number of phenols is 4. The van der Waals surface area contributed by atoms with Gasteiger partial charge in [0.2, 0.25) is 5.78 Å². The molecular weight excluding hydrogens is 581 g/mol. The molecule has 0 radical (unpaired) electrons. The summed E-state index contributed by atoms with van der Waals surface area (Å²) in [6, 6.07) is 21.9. The van der Waals surface area contributed by atoms with Crippen LogP contribution in [0.5, 0.6) is 23.0 Å². The van der Waals surface area contributed by atoms with Crippen LogP contribution in [-0.2, 0) is 11.5 Å². The van der Waals surface area contributed by atoms with Gasteiger partial charge in [0.15, 0.2) is 23.0 Å². The number of thiophene rings is 2. The van der Waals surface area contributed by atoms with Crippen molar-refractivity contribution in [2.45, 2.75) is 21.3 Å². The van der Waals surface area contributed by atoms with Gasteiger partial charge in [-0.1, -0.05) is 12.1 Å². The zero-order valence-corrected chi connectivity index (χ0v) is 24.1. The van der Waals surface area contributed by atoms with Crippen molar-refractivity contribution in [3.63, 3.8) is 0 Å². The van der Waals surface area contributed by atoms with E-state index in [1.807, 2.05) is 59.3 Å². The van der Waals surface area contributed by atoms with Crippen LogP contribution in [0.2, 0.25) is 0 Å². The first-order valence-corrected chi connectivity index (χ1v) is 15.9. The van der Waals surface area contributed by atoms with Gasteiger partial charge in [-0.3, -0.25) is 4.79 Å². The van der Waals surface area contributed by atoms with Gasteiger partial charge >= 0.3 is 0 Å². The van der Waals surface area contributed by atoms with Crippen molar-refractivity contribution in [1.82, 2.24) is 0 Å². The molecule has 0 fully saturated rings. The molecule has 0 bridgehead atoms. The second-order valence-electron chi connectivity index (χ2n) is 9.16. The monoisotopic (exact) mass is 602 g/mol. The standard InChI is InChI=1S/C31H22O5S4/c32-25-11-17-1-3-23(9-21(17)13-27(25)34)39-15-19-5-7-37-30(19)29(36)31-20(6-8-38-31)16-40-24-4-2-18-12-26(33)28(35)14-22(18)10-24/h1-14,32-35H,15-16H2. The van der Waals surface area contributed by atoms with Gasteiger partial charge in [0.1, 0.15) is 0 Å². The summed E-state index contributed by atoms with van der Waals surface area (Å²) in [5.41, 5.74) is 1.97. The van der Waals surface area contributed by atoms with Gasteiger partial charge in [-0.05, 0) is 104 Å². The SMILES string of the molecule is O=C(c1sccc1CSc1ccc2cc(O)c(O)cc2c1)c1sccc1CSc1ccc2cc(O)c(O)cc2c1. The number of rotatable bonds is 8. The lowest BCUT2D eigenvalue weighted by Gasteiger charge is -2.08. The fourth-order valence-electron chi connectivity index (χ4n) is 4.41. The molecule has 0 aliphatic carbocycles. The first kappa shape index (κ1) is 26.6. The minimum Gasteiger partial charge on any atom is -0.504 e. The molecule has 0 amide bonds. The molecule has 2 heterocycles. The Labute approximate surface area is 246 Å². The number of aromatic hydroxyl groups is 4. The number of fused-ring (bicyclic) bond motifs is 2. The molecule has 4 aromatic carbocycles. The molecule has 2 aromatic heterocycles. The lowest BCUT2D eigenvalue weighted by atomic mass is 10.1. The van der Waals surface area contributed by atoms with Crippen LogP contribution < -0.4 is 0 Å². The van der Waals surface area contributed by atoms with E-state index in [4.69, 9.17) is 0 Å². The van der Waals surface area contributed by atoms with Gasteiger partial charge in [0.25, 0.3) is 0 Å². The van der Waals surface area contributed by atoms with Gasteiger partial charge < -0.3 is 20.4 Å². The third-order valence-corrected chi connectivity index (χ3v) is 10.5. The summed E-state index contributed by atoms with van der Waals surface area (Å²) in [6.45, 7) is 0. The Morgan fingerprint density at radius 2 is 0.950 bits per heavy atom. The van der Waals surface area contributed by atoms with Gasteiger partial charge in [0, 0.05) is 21.3 Å². The summed E-state index contributed by atoms with van der Waals surface area (Å²) < 4.78 is 0. The topological polar surface area (TPSA) is 98.0 Å². The van der Waals surface area contributed by atoms with Crippen LogP contribution in [0.15, 0.2) is 93.3 Å². The van der Waals surface area contributed by atoms with Crippen molar-refractivity contribution in [3.05, 3.63) is 104 Å². The molecule has 9 heteroatoms. The van der Waals surface area contributed by atoms with E-state index >= 15 is 0 Å². The summed E-state index contributed by atoms with van der Waals surface area (Å²) in [5, 5.41) is 46.4. The van der Waals surface area contributed by atoms with Crippen LogP contribution >= 0.6 is 46.2 Å². The number of phenolic OH excluding ortho intramolecular Hbond substituents is 4. The van der Waals surface area contributed by atoms with E-state index in [0.29, 0.717) is 11.5 Å². The van der Waals surface area contributed by atoms with Crippen molar-refractivity contribution < 1.29 is 25.2 Å². The minimum absolute atomic E-state index is 0.0361. The number of thioether (sulfide) groups is 2. The average molecular weight is 603 g/mol. The molecule has 0 atom stereocenters. The molecule has 6 aromatic rings. The van der Waals surface area contributed by atoms with Crippen LogP contribution in [0, 0.1) is 0 Å². The Kier molecular flexibility index (Phi) is 7.37.